The molecule has 0 saturated carbocycles. The Labute approximate surface area is 124 Å². The van der Waals surface area contributed by atoms with Gasteiger partial charge in [0.2, 0.25) is 0 Å². The van der Waals surface area contributed by atoms with E-state index in [1.807, 2.05) is 0 Å². The highest BCUT2D eigenvalue weighted by molar-refractivity contribution is 5.02. The maximum absolute atomic E-state index is 6.27. The predicted octanol–water partition coefficient (Wildman–Crippen LogP) is 0.968. The van der Waals surface area contributed by atoms with E-state index in [4.69, 9.17) is 5.73 Å². The maximum Gasteiger partial charge on any atom is 0.0359 e. The Balaban J connectivity index is 1.64. The summed E-state index contributed by atoms with van der Waals surface area (Å²) in [5.41, 5.74) is 6.57. The van der Waals surface area contributed by atoms with E-state index in [9.17, 15) is 0 Å². The molecule has 3 aliphatic rings. The van der Waals surface area contributed by atoms with Crippen LogP contribution in [0.2, 0.25) is 0 Å². The Hall–Kier alpha value is -0.160. The average molecular weight is 280 g/mol. The van der Waals surface area contributed by atoms with Crippen molar-refractivity contribution in [2.45, 2.75) is 57.2 Å². The summed E-state index contributed by atoms with van der Waals surface area (Å²) in [5.74, 6) is 0. The van der Waals surface area contributed by atoms with Crippen LogP contribution in [-0.2, 0) is 0 Å². The molecule has 2 N–H and O–H groups in total. The van der Waals surface area contributed by atoms with Crippen LogP contribution >= 0.6 is 0 Å². The molecule has 4 heteroatoms. The summed E-state index contributed by atoms with van der Waals surface area (Å²) in [4.78, 5) is 8.05. The number of hydrogen-bond acceptors (Lipinski definition) is 4. The van der Waals surface area contributed by atoms with Gasteiger partial charge < -0.3 is 10.6 Å². The van der Waals surface area contributed by atoms with Gasteiger partial charge in [-0.25, -0.2) is 0 Å². The van der Waals surface area contributed by atoms with Crippen molar-refractivity contribution in [3.8, 4) is 0 Å². The summed E-state index contributed by atoms with van der Waals surface area (Å²) in [6.45, 7) is 12.9. The van der Waals surface area contributed by atoms with Crippen molar-refractivity contribution < 1.29 is 0 Å². The first-order chi connectivity index (χ1) is 9.64. The lowest BCUT2D eigenvalue weighted by molar-refractivity contribution is -0.0224. The highest BCUT2D eigenvalue weighted by Gasteiger charge is 2.44. The van der Waals surface area contributed by atoms with Crippen LogP contribution < -0.4 is 5.73 Å². The molecule has 2 atom stereocenters. The standard InChI is InChI=1S/C16H32N4/c1-14(2)18-8-10-20(11-9-18)16(13-17)5-7-19-6-3-4-15(19)12-16/h14-15H,3-13,17H2,1-2H3. The second-order valence-corrected chi connectivity index (χ2v) is 7.33. The molecule has 4 nitrogen and oxygen atoms in total. The van der Waals surface area contributed by atoms with Crippen LogP contribution in [0.3, 0.4) is 0 Å². The molecule has 0 aromatic rings. The zero-order valence-electron chi connectivity index (χ0n) is 13.4. The molecule has 0 bridgehead atoms. The molecule has 3 heterocycles. The third-order valence-electron chi connectivity index (χ3n) is 6.07. The smallest absolute Gasteiger partial charge is 0.0359 e. The second-order valence-electron chi connectivity index (χ2n) is 7.33. The largest absolute Gasteiger partial charge is 0.329 e. The van der Waals surface area contributed by atoms with Crippen molar-refractivity contribution >= 4 is 0 Å². The minimum absolute atomic E-state index is 0.300. The van der Waals surface area contributed by atoms with Crippen LogP contribution in [-0.4, -0.2) is 78.1 Å². The fourth-order valence-electron chi connectivity index (χ4n) is 4.63. The number of fused-ring (bicyclic) bond motifs is 1. The number of piperazine rings is 1. The molecule has 0 aromatic heterocycles. The van der Waals surface area contributed by atoms with Crippen LogP contribution in [0.25, 0.3) is 0 Å². The van der Waals surface area contributed by atoms with Gasteiger partial charge in [0.15, 0.2) is 0 Å². The van der Waals surface area contributed by atoms with Gasteiger partial charge in [-0.15, -0.1) is 0 Å². The van der Waals surface area contributed by atoms with E-state index in [1.54, 1.807) is 0 Å². The van der Waals surface area contributed by atoms with Gasteiger partial charge in [-0.05, 0) is 46.1 Å². The van der Waals surface area contributed by atoms with Crippen LogP contribution in [0.15, 0.2) is 0 Å². The predicted molar refractivity (Wildman–Crippen MR) is 83.9 cm³/mol. The van der Waals surface area contributed by atoms with Gasteiger partial charge in [0, 0.05) is 56.9 Å². The van der Waals surface area contributed by atoms with Crippen molar-refractivity contribution in [3.05, 3.63) is 0 Å². The summed E-state index contributed by atoms with van der Waals surface area (Å²) in [7, 11) is 0. The number of nitrogens with zero attached hydrogens (tertiary/aromatic N) is 3. The van der Waals surface area contributed by atoms with Gasteiger partial charge in [-0.2, -0.15) is 0 Å². The van der Waals surface area contributed by atoms with E-state index in [0.29, 0.717) is 11.6 Å². The average Bonchev–Trinajstić information content (AvgIpc) is 2.94. The summed E-state index contributed by atoms with van der Waals surface area (Å²) in [6.07, 6.45) is 5.38. The molecule has 0 radical (unpaired) electrons. The van der Waals surface area contributed by atoms with Crippen molar-refractivity contribution in [1.82, 2.24) is 14.7 Å². The lowest BCUT2D eigenvalue weighted by Gasteiger charge is -2.53. The zero-order chi connectivity index (χ0) is 14.2. The van der Waals surface area contributed by atoms with Crippen molar-refractivity contribution in [3.63, 3.8) is 0 Å². The first-order valence-corrected chi connectivity index (χ1v) is 8.58. The second kappa shape index (κ2) is 5.91. The number of piperidine rings is 1. The molecular weight excluding hydrogens is 248 g/mol. The molecule has 0 amide bonds. The molecule has 3 saturated heterocycles. The minimum atomic E-state index is 0.300. The normalized spacial score (nSPS) is 37.5. The van der Waals surface area contributed by atoms with E-state index in [0.717, 1.165) is 12.6 Å². The van der Waals surface area contributed by atoms with Gasteiger partial charge in [-0.1, -0.05) is 0 Å². The highest BCUT2D eigenvalue weighted by Crippen LogP contribution is 2.36. The third kappa shape index (κ3) is 2.63. The first-order valence-electron chi connectivity index (χ1n) is 8.58. The lowest BCUT2D eigenvalue weighted by atomic mass is 9.81. The molecule has 20 heavy (non-hydrogen) atoms. The lowest BCUT2D eigenvalue weighted by Crippen LogP contribution is -2.65. The molecule has 3 rings (SSSR count). The molecule has 0 spiro atoms. The first kappa shape index (κ1) is 14.8. The van der Waals surface area contributed by atoms with Crippen molar-refractivity contribution in [1.29, 1.82) is 0 Å². The Morgan fingerprint density at radius 2 is 1.85 bits per heavy atom. The van der Waals surface area contributed by atoms with E-state index in [2.05, 4.69) is 28.5 Å². The van der Waals surface area contributed by atoms with Gasteiger partial charge in [0.05, 0.1) is 0 Å². The zero-order valence-corrected chi connectivity index (χ0v) is 13.4. The summed E-state index contributed by atoms with van der Waals surface area (Å²) < 4.78 is 0. The number of hydrogen-bond donors (Lipinski definition) is 1. The minimum Gasteiger partial charge on any atom is -0.329 e. The monoisotopic (exact) mass is 280 g/mol. The molecule has 2 unspecified atom stereocenters. The Bertz CT molecular complexity index is 324. The van der Waals surface area contributed by atoms with Gasteiger partial charge in [0.25, 0.3) is 0 Å². The molecule has 0 aromatic carbocycles. The van der Waals surface area contributed by atoms with Gasteiger partial charge in [0.1, 0.15) is 0 Å². The van der Waals surface area contributed by atoms with Crippen LogP contribution in [0.1, 0.15) is 39.5 Å². The quantitative estimate of drug-likeness (QED) is 0.835. The van der Waals surface area contributed by atoms with Gasteiger partial charge in [-0.3, -0.25) is 9.80 Å². The number of rotatable bonds is 3. The summed E-state index contributed by atoms with van der Waals surface area (Å²) >= 11 is 0. The molecule has 3 aliphatic heterocycles. The molecule has 116 valence electrons. The fourth-order valence-corrected chi connectivity index (χ4v) is 4.63. The Kier molecular flexibility index (Phi) is 4.37. The summed E-state index contributed by atoms with van der Waals surface area (Å²) in [5, 5.41) is 0. The summed E-state index contributed by atoms with van der Waals surface area (Å²) in [6, 6.07) is 1.50. The fraction of sp³-hybridized carbons (Fsp3) is 1.00. The van der Waals surface area contributed by atoms with E-state index in [-0.39, 0.29) is 0 Å². The van der Waals surface area contributed by atoms with Crippen molar-refractivity contribution in [2.24, 2.45) is 5.73 Å². The van der Waals surface area contributed by atoms with Crippen LogP contribution in [0, 0.1) is 0 Å². The maximum atomic E-state index is 6.27. The van der Waals surface area contributed by atoms with Crippen LogP contribution in [0.4, 0.5) is 0 Å². The highest BCUT2D eigenvalue weighted by atomic mass is 15.3. The van der Waals surface area contributed by atoms with Crippen LogP contribution in [0.5, 0.6) is 0 Å². The topological polar surface area (TPSA) is 35.7 Å². The van der Waals surface area contributed by atoms with E-state index < -0.39 is 0 Å². The SMILES string of the molecule is CC(C)N1CCN(C2(CN)CCN3CCCC3C2)CC1. The third-order valence-corrected chi connectivity index (χ3v) is 6.07. The van der Waals surface area contributed by atoms with E-state index in [1.165, 1.54) is 65.0 Å². The molecular formula is C16H32N4. The van der Waals surface area contributed by atoms with Crippen molar-refractivity contribution in [2.75, 3.05) is 45.8 Å². The molecule has 3 fully saturated rings. The Morgan fingerprint density at radius 1 is 1.10 bits per heavy atom. The van der Waals surface area contributed by atoms with E-state index >= 15 is 0 Å². The Morgan fingerprint density at radius 3 is 2.50 bits per heavy atom. The molecule has 0 aliphatic carbocycles. The van der Waals surface area contributed by atoms with Gasteiger partial charge >= 0.3 is 0 Å². The number of nitrogens with two attached hydrogens (primary N) is 1.